The highest BCUT2D eigenvalue weighted by molar-refractivity contribution is 9.09. The zero-order valence-electron chi connectivity index (χ0n) is 19.4. The van der Waals surface area contributed by atoms with Crippen molar-refractivity contribution >= 4 is 62.5 Å². The summed E-state index contributed by atoms with van der Waals surface area (Å²) in [6, 6.07) is 11.8. The number of benzene rings is 2. The molecule has 2 aromatic carbocycles. The number of imide groups is 1. The highest BCUT2D eigenvalue weighted by Crippen LogP contribution is 2.64. The summed E-state index contributed by atoms with van der Waals surface area (Å²) in [6.07, 6.45) is 1.51. The lowest BCUT2D eigenvalue weighted by Crippen LogP contribution is -2.59. The Morgan fingerprint density at radius 3 is 2.37 bits per heavy atom. The molecule has 0 radical (unpaired) electrons. The van der Waals surface area contributed by atoms with Crippen molar-refractivity contribution in [1.82, 2.24) is 18.8 Å². The van der Waals surface area contributed by atoms with Gasteiger partial charge in [-0.2, -0.15) is 0 Å². The van der Waals surface area contributed by atoms with Gasteiger partial charge in [0.1, 0.15) is 5.75 Å². The van der Waals surface area contributed by atoms with Gasteiger partial charge >= 0.3 is 11.4 Å². The van der Waals surface area contributed by atoms with Gasteiger partial charge in [-0.15, -0.1) is 23.2 Å². The quantitative estimate of drug-likeness (QED) is 0.204. The molecule has 196 valence electrons. The SMILES string of the molecule is O=C1N(CBr)C(=O)C2(Cl)C(c3ccc(O)cc3Cl)C3=CCn4c(=O)n(-c5ccccc5)c(=O)n4C3CC12Cl. The number of hydrogen-bond acceptors (Lipinski definition) is 5. The van der Waals surface area contributed by atoms with Crippen LogP contribution in [0.2, 0.25) is 5.02 Å². The third kappa shape index (κ3) is 3.11. The summed E-state index contributed by atoms with van der Waals surface area (Å²) in [5.41, 5.74) is -0.0558. The fourth-order valence-electron chi connectivity index (χ4n) is 5.91. The van der Waals surface area contributed by atoms with Crippen LogP contribution in [0.4, 0.5) is 0 Å². The van der Waals surface area contributed by atoms with E-state index >= 15 is 0 Å². The minimum absolute atomic E-state index is 0.0124. The molecule has 1 aromatic heterocycles. The number of phenolic OH excluding ortho intramolecular Hbond substituents is 1. The number of aromatic nitrogens is 3. The first-order chi connectivity index (χ1) is 18.1. The fraction of sp³-hybridized carbons (Fsp3) is 0.280. The average molecular weight is 641 g/mol. The van der Waals surface area contributed by atoms with E-state index < -0.39 is 44.9 Å². The summed E-state index contributed by atoms with van der Waals surface area (Å²) in [5, 5.41) is 10.1. The highest BCUT2D eigenvalue weighted by atomic mass is 79.9. The lowest BCUT2D eigenvalue weighted by Gasteiger charge is -2.49. The van der Waals surface area contributed by atoms with Gasteiger partial charge in [0, 0.05) is 17.4 Å². The van der Waals surface area contributed by atoms with Crippen LogP contribution < -0.4 is 11.4 Å². The topological polar surface area (TPSA) is 107 Å². The molecule has 6 rings (SSSR count). The van der Waals surface area contributed by atoms with Crippen LogP contribution in [0, 0.1) is 0 Å². The molecule has 38 heavy (non-hydrogen) atoms. The summed E-state index contributed by atoms with van der Waals surface area (Å²) in [5.74, 6) is -2.58. The van der Waals surface area contributed by atoms with Crippen molar-refractivity contribution in [3.05, 3.63) is 91.7 Å². The largest absolute Gasteiger partial charge is 0.508 e. The standard InChI is InChI=1S/C25H18BrCl3N4O5/c26-12-30-20(35)24(28)11-18-16(19(25(24,29)21(30)36)15-7-6-14(34)10-17(15)27)8-9-31-22(37)32(23(38)33(18)31)13-4-2-1-3-5-13/h1-8,10,18-19,34H,9,11-12H2. The number of carbonyl (C=O) groups is 2. The molecule has 9 nitrogen and oxygen atoms in total. The number of halogens is 4. The Bertz CT molecular complexity index is 1680. The van der Waals surface area contributed by atoms with Gasteiger partial charge in [0.15, 0.2) is 9.75 Å². The zero-order valence-corrected chi connectivity index (χ0v) is 23.2. The van der Waals surface area contributed by atoms with Crippen molar-refractivity contribution in [2.75, 3.05) is 5.45 Å². The first-order valence-electron chi connectivity index (χ1n) is 11.5. The average Bonchev–Trinajstić information content (AvgIpc) is 3.23. The van der Waals surface area contributed by atoms with E-state index in [2.05, 4.69) is 15.9 Å². The van der Waals surface area contributed by atoms with E-state index in [4.69, 9.17) is 34.8 Å². The second kappa shape index (κ2) is 8.61. The number of allylic oxidation sites excluding steroid dienone is 2. The number of nitrogens with zero attached hydrogens (tertiary/aromatic N) is 4. The van der Waals surface area contributed by atoms with Crippen molar-refractivity contribution in [3.8, 4) is 11.4 Å². The number of fused-ring (bicyclic) bond motifs is 4. The van der Waals surface area contributed by atoms with E-state index in [-0.39, 0.29) is 29.2 Å². The molecule has 1 N–H and O–H groups in total. The van der Waals surface area contributed by atoms with Crippen LogP contribution in [0.3, 0.4) is 0 Å². The maximum atomic E-state index is 13.8. The molecule has 1 aliphatic carbocycles. The van der Waals surface area contributed by atoms with Crippen molar-refractivity contribution in [1.29, 1.82) is 0 Å². The number of carbonyl (C=O) groups excluding carboxylic acids is 2. The predicted molar refractivity (Wildman–Crippen MR) is 145 cm³/mol. The molecule has 3 aromatic rings. The molecule has 2 aliphatic heterocycles. The summed E-state index contributed by atoms with van der Waals surface area (Å²) in [7, 11) is 0. The smallest absolute Gasteiger partial charge is 0.352 e. The number of alkyl halides is 3. The molecule has 0 spiro atoms. The Labute approximate surface area is 238 Å². The van der Waals surface area contributed by atoms with Gasteiger partial charge in [-0.3, -0.25) is 14.5 Å². The van der Waals surface area contributed by atoms with E-state index in [9.17, 15) is 24.3 Å². The molecular formula is C25H18BrCl3N4O5. The number of aromatic hydroxyl groups is 1. The van der Waals surface area contributed by atoms with Gasteiger partial charge < -0.3 is 5.11 Å². The van der Waals surface area contributed by atoms with E-state index in [1.807, 2.05) is 0 Å². The molecule has 4 unspecified atom stereocenters. The number of rotatable bonds is 3. The molecule has 0 bridgehead atoms. The van der Waals surface area contributed by atoms with Crippen molar-refractivity contribution in [2.45, 2.75) is 34.7 Å². The Balaban J connectivity index is 1.63. The number of phenols is 1. The monoisotopic (exact) mass is 638 g/mol. The van der Waals surface area contributed by atoms with Crippen molar-refractivity contribution in [3.63, 3.8) is 0 Å². The van der Waals surface area contributed by atoms with Crippen molar-refractivity contribution < 1.29 is 14.7 Å². The van der Waals surface area contributed by atoms with E-state index in [1.165, 1.54) is 27.6 Å². The normalized spacial score (nSPS) is 28.1. The van der Waals surface area contributed by atoms with Crippen LogP contribution in [0.5, 0.6) is 5.75 Å². The number of amides is 2. The molecular weight excluding hydrogens is 623 g/mol. The van der Waals surface area contributed by atoms with Crippen LogP contribution >= 0.6 is 50.7 Å². The maximum absolute atomic E-state index is 13.8. The Morgan fingerprint density at radius 1 is 1.00 bits per heavy atom. The fourth-order valence-corrected chi connectivity index (χ4v) is 7.59. The third-order valence-corrected chi connectivity index (χ3v) is 9.83. The lowest BCUT2D eigenvalue weighted by molar-refractivity contribution is -0.138. The highest BCUT2D eigenvalue weighted by Gasteiger charge is 2.75. The van der Waals surface area contributed by atoms with Crippen LogP contribution in [-0.2, 0) is 16.1 Å². The molecule has 13 heteroatoms. The first kappa shape index (κ1) is 25.5. The molecule has 1 saturated heterocycles. The summed E-state index contributed by atoms with van der Waals surface area (Å²) >= 11 is 24.0. The molecule has 1 saturated carbocycles. The lowest BCUT2D eigenvalue weighted by atomic mass is 9.64. The predicted octanol–water partition coefficient (Wildman–Crippen LogP) is 3.50. The van der Waals surface area contributed by atoms with Gasteiger partial charge in [-0.05, 0) is 35.4 Å². The van der Waals surface area contributed by atoms with Gasteiger partial charge in [-0.1, -0.05) is 57.9 Å². The summed E-state index contributed by atoms with van der Waals surface area (Å²) in [6.45, 7) is 0.0124. The van der Waals surface area contributed by atoms with Gasteiger partial charge in [0.25, 0.3) is 11.8 Å². The number of hydrogen-bond donors (Lipinski definition) is 1. The van der Waals surface area contributed by atoms with Gasteiger partial charge in [0.2, 0.25) is 0 Å². The van der Waals surface area contributed by atoms with Crippen LogP contribution in [0.1, 0.15) is 23.9 Å². The minimum Gasteiger partial charge on any atom is -0.508 e. The first-order valence-corrected chi connectivity index (χ1v) is 13.8. The molecule has 4 atom stereocenters. The summed E-state index contributed by atoms with van der Waals surface area (Å²) < 4.78 is 3.61. The van der Waals surface area contributed by atoms with Crippen LogP contribution in [-0.4, -0.2) is 51.0 Å². The Hall–Kier alpha value is -2.79. The molecule has 3 aliphatic rings. The van der Waals surface area contributed by atoms with Gasteiger partial charge in [0.05, 0.1) is 23.7 Å². The number of para-hydroxylation sites is 1. The maximum Gasteiger partial charge on any atom is 0.352 e. The van der Waals surface area contributed by atoms with E-state index in [0.29, 0.717) is 16.8 Å². The Kier molecular flexibility index (Phi) is 5.77. The van der Waals surface area contributed by atoms with Crippen LogP contribution in [0.25, 0.3) is 5.69 Å². The zero-order chi connectivity index (χ0) is 27.1. The second-order valence-corrected chi connectivity index (χ2v) is 11.5. The van der Waals surface area contributed by atoms with Crippen LogP contribution in [0.15, 0.2) is 69.8 Å². The molecule has 2 amide bonds. The molecule has 3 heterocycles. The minimum atomic E-state index is -1.99. The third-order valence-electron chi connectivity index (χ3n) is 7.59. The van der Waals surface area contributed by atoms with E-state index in [1.54, 1.807) is 36.4 Å². The Morgan fingerprint density at radius 2 is 1.71 bits per heavy atom. The molecule has 2 fully saturated rings. The second-order valence-electron chi connectivity index (χ2n) is 9.40. The summed E-state index contributed by atoms with van der Waals surface area (Å²) in [4.78, 5) is 51.4. The number of likely N-dealkylation sites (tertiary alicyclic amines) is 1. The van der Waals surface area contributed by atoms with Crippen molar-refractivity contribution in [2.24, 2.45) is 0 Å². The van der Waals surface area contributed by atoms with E-state index in [0.717, 1.165) is 9.47 Å². The van der Waals surface area contributed by atoms with Gasteiger partial charge in [-0.25, -0.2) is 23.5 Å².